The van der Waals surface area contributed by atoms with Crippen molar-refractivity contribution in [1.29, 1.82) is 0 Å². The first-order chi connectivity index (χ1) is 17.2. The van der Waals surface area contributed by atoms with Gasteiger partial charge >= 0.3 is 0 Å². The zero-order valence-electron chi connectivity index (χ0n) is 22.0. The van der Waals surface area contributed by atoms with E-state index in [0.717, 1.165) is 62.9 Å². The minimum Gasteiger partial charge on any atom is -0.372 e. The molecule has 1 aliphatic heterocycles. The van der Waals surface area contributed by atoms with Crippen molar-refractivity contribution in [3.63, 3.8) is 0 Å². The van der Waals surface area contributed by atoms with Gasteiger partial charge < -0.3 is 15.0 Å². The van der Waals surface area contributed by atoms with Gasteiger partial charge in [0.1, 0.15) is 5.82 Å². The van der Waals surface area contributed by atoms with E-state index in [1.807, 2.05) is 19.1 Å². The first-order valence-corrected chi connectivity index (χ1v) is 14.9. The molecule has 1 saturated heterocycles. The molecule has 10 nitrogen and oxygen atoms in total. The largest absolute Gasteiger partial charge is 0.372 e. The molecule has 4 rings (SSSR count). The number of hydrogen-bond acceptors (Lipinski definition) is 8. The first kappa shape index (κ1) is 26.8. The number of anilines is 3. The number of sulfonamides is 1. The van der Waals surface area contributed by atoms with Crippen LogP contribution in [0.4, 0.5) is 17.6 Å². The van der Waals surface area contributed by atoms with Crippen molar-refractivity contribution in [2.24, 2.45) is 11.8 Å². The van der Waals surface area contributed by atoms with E-state index in [-0.39, 0.29) is 23.8 Å². The van der Waals surface area contributed by atoms with Crippen molar-refractivity contribution in [2.75, 3.05) is 36.2 Å². The maximum Gasteiger partial charge on any atom is 0.227 e. The van der Waals surface area contributed by atoms with Crippen LogP contribution in [0.5, 0.6) is 0 Å². The molecule has 1 aliphatic carbocycles. The molecule has 36 heavy (non-hydrogen) atoms. The Morgan fingerprint density at radius 3 is 2.67 bits per heavy atom. The Morgan fingerprint density at radius 2 is 1.97 bits per heavy atom. The molecular weight excluding hydrogens is 478 g/mol. The third-order valence-electron chi connectivity index (χ3n) is 7.38. The molecule has 200 valence electrons. The van der Waals surface area contributed by atoms with Crippen molar-refractivity contribution < 1.29 is 13.2 Å². The van der Waals surface area contributed by atoms with Gasteiger partial charge in [-0.05, 0) is 57.8 Å². The van der Waals surface area contributed by atoms with Crippen molar-refractivity contribution in [3.05, 3.63) is 23.5 Å². The van der Waals surface area contributed by atoms with Gasteiger partial charge in [-0.15, -0.1) is 0 Å². The van der Waals surface area contributed by atoms with Crippen molar-refractivity contribution >= 4 is 27.6 Å². The van der Waals surface area contributed by atoms with Crippen LogP contribution in [0.2, 0.25) is 0 Å². The molecule has 0 unspecified atom stereocenters. The van der Waals surface area contributed by atoms with E-state index < -0.39 is 10.0 Å². The zero-order chi connectivity index (χ0) is 25.7. The molecule has 2 fully saturated rings. The van der Waals surface area contributed by atoms with Gasteiger partial charge in [-0.2, -0.15) is 10.1 Å². The summed E-state index contributed by atoms with van der Waals surface area (Å²) in [5.74, 6) is 3.02. The smallest absolute Gasteiger partial charge is 0.227 e. The van der Waals surface area contributed by atoms with Crippen LogP contribution in [0.3, 0.4) is 0 Å². The van der Waals surface area contributed by atoms with E-state index in [1.54, 1.807) is 6.92 Å². The van der Waals surface area contributed by atoms with Gasteiger partial charge in [-0.1, -0.05) is 19.8 Å². The predicted octanol–water partition coefficient (Wildman–Crippen LogP) is 4.06. The van der Waals surface area contributed by atoms with Crippen LogP contribution in [0.1, 0.15) is 76.3 Å². The molecule has 3 heterocycles. The summed E-state index contributed by atoms with van der Waals surface area (Å²) in [5.41, 5.74) is 1.85. The first-order valence-electron chi connectivity index (χ1n) is 13.2. The second kappa shape index (κ2) is 11.9. The summed E-state index contributed by atoms with van der Waals surface area (Å²) < 4.78 is 32.9. The van der Waals surface area contributed by atoms with Gasteiger partial charge in [0.05, 0.1) is 17.6 Å². The normalized spacial score (nSPS) is 25.3. The van der Waals surface area contributed by atoms with Crippen molar-refractivity contribution in [1.82, 2.24) is 24.9 Å². The van der Waals surface area contributed by atoms with Gasteiger partial charge in [0.15, 0.2) is 5.82 Å². The molecule has 2 aromatic heterocycles. The minimum absolute atomic E-state index is 0.0333. The second-order valence-electron chi connectivity index (χ2n) is 10.4. The fraction of sp³-hybridized carbons (Fsp3) is 0.720. The molecule has 0 bridgehead atoms. The van der Waals surface area contributed by atoms with Gasteiger partial charge in [0.2, 0.25) is 16.0 Å². The zero-order valence-corrected chi connectivity index (χ0v) is 22.8. The van der Waals surface area contributed by atoms with Crippen LogP contribution in [0, 0.1) is 18.8 Å². The Bertz CT molecular complexity index is 1100. The average Bonchev–Trinajstić information content (AvgIpc) is 3.52. The summed E-state index contributed by atoms with van der Waals surface area (Å²) in [4.78, 5) is 12.0. The van der Waals surface area contributed by atoms with E-state index in [1.165, 1.54) is 0 Å². The monoisotopic (exact) mass is 519 g/mol. The number of aryl methyl sites for hydroxylation is 1. The number of H-pyrrole nitrogens is 1. The molecule has 11 heteroatoms. The molecule has 2 aromatic rings. The van der Waals surface area contributed by atoms with Crippen LogP contribution in [-0.2, 0) is 14.8 Å². The average molecular weight is 520 g/mol. The lowest BCUT2D eigenvalue weighted by Gasteiger charge is -2.35. The number of aromatic nitrogens is 4. The van der Waals surface area contributed by atoms with Crippen LogP contribution in [0.25, 0.3) is 0 Å². The maximum absolute atomic E-state index is 12.1. The van der Waals surface area contributed by atoms with E-state index in [2.05, 4.69) is 39.1 Å². The number of nitrogens with zero attached hydrogens (tertiary/aromatic N) is 4. The Labute approximate surface area is 215 Å². The fourth-order valence-electron chi connectivity index (χ4n) is 5.21. The number of aromatic amines is 1. The molecule has 4 atom stereocenters. The molecule has 3 N–H and O–H groups in total. The van der Waals surface area contributed by atoms with Gasteiger partial charge in [0.25, 0.3) is 0 Å². The van der Waals surface area contributed by atoms with Gasteiger partial charge in [0, 0.05) is 44.1 Å². The van der Waals surface area contributed by atoms with Crippen LogP contribution < -0.4 is 14.9 Å². The molecule has 0 amide bonds. The molecule has 1 saturated carbocycles. The van der Waals surface area contributed by atoms with Gasteiger partial charge in [-0.25, -0.2) is 18.1 Å². The second-order valence-corrected chi connectivity index (χ2v) is 12.5. The molecule has 2 aliphatic rings. The lowest BCUT2D eigenvalue weighted by Crippen LogP contribution is -2.40. The molecular formula is C25H41N7O3S. The Balaban J connectivity index is 1.58. The number of hydrogen-bond donors (Lipinski definition) is 3. The Hall–Kier alpha value is -2.24. The highest BCUT2D eigenvalue weighted by Gasteiger charge is 2.29. The predicted molar refractivity (Wildman–Crippen MR) is 142 cm³/mol. The summed E-state index contributed by atoms with van der Waals surface area (Å²) in [7, 11) is -1.15. The van der Waals surface area contributed by atoms with E-state index >= 15 is 0 Å². The van der Waals surface area contributed by atoms with Crippen molar-refractivity contribution in [3.8, 4) is 0 Å². The summed E-state index contributed by atoms with van der Waals surface area (Å²) in [6.07, 6.45) is 7.13. The summed E-state index contributed by atoms with van der Waals surface area (Å²) in [5, 5.41) is 10.6. The Kier molecular flexibility index (Phi) is 8.84. The minimum atomic E-state index is -3.21. The number of nitrogens with one attached hydrogen (secondary N) is 3. The highest BCUT2D eigenvalue weighted by atomic mass is 32.2. The quantitative estimate of drug-likeness (QED) is 0.453. The van der Waals surface area contributed by atoms with E-state index in [9.17, 15) is 8.42 Å². The highest BCUT2D eigenvalue weighted by molar-refractivity contribution is 7.89. The maximum atomic E-state index is 12.1. The third-order valence-corrected chi connectivity index (χ3v) is 8.75. The standard InChI is InChI=1S/C25H41N7O3S/c1-5-36(33,34)26-16-19-9-6-8-17(2)12-20(14-19)32(4)25-27-21(22-10-7-11-35-22)15-23(29-25)28-24-13-18(3)30-31-24/h13,15,17,19-20,22,26H,5-12,14,16H2,1-4H3,(H2,27,28,29,30,31)/t17-,19+,20-,22+/m1/s1. The van der Waals surface area contributed by atoms with Crippen LogP contribution >= 0.6 is 0 Å². The van der Waals surface area contributed by atoms with E-state index in [4.69, 9.17) is 14.7 Å². The van der Waals surface area contributed by atoms with E-state index in [0.29, 0.717) is 30.0 Å². The fourth-order valence-corrected chi connectivity index (χ4v) is 5.91. The Morgan fingerprint density at radius 1 is 1.14 bits per heavy atom. The summed E-state index contributed by atoms with van der Waals surface area (Å²) in [6, 6.07) is 4.10. The molecule has 0 radical (unpaired) electrons. The molecule has 0 spiro atoms. The lowest BCUT2D eigenvalue weighted by atomic mass is 9.83. The van der Waals surface area contributed by atoms with Crippen LogP contribution in [-0.4, -0.2) is 60.6 Å². The third kappa shape index (κ3) is 7.17. The molecule has 0 aromatic carbocycles. The summed E-state index contributed by atoms with van der Waals surface area (Å²) in [6.45, 7) is 7.17. The van der Waals surface area contributed by atoms with Crippen LogP contribution in [0.15, 0.2) is 12.1 Å². The lowest BCUT2D eigenvalue weighted by molar-refractivity contribution is 0.108. The number of ether oxygens (including phenoxy) is 1. The number of rotatable bonds is 9. The SMILES string of the molecule is CCS(=O)(=O)NC[C@H]1CCC[C@@H](C)C[C@@H](N(C)c2nc(Nc3cc(C)[nH]n3)cc([C@@H]3CCCO3)n2)C1. The topological polar surface area (TPSA) is 125 Å². The highest BCUT2D eigenvalue weighted by Crippen LogP contribution is 2.33. The van der Waals surface area contributed by atoms with Gasteiger partial charge in [-0.3, -0.25) is 5.10 Å². The summed E-state index contributed by atoms with van der Waals surface area (Å²) >= 11 is 0. The van der Waals surface area contributed by atoms with Crippen molar-refractivity contribution in [2.45, 2.75) is 77.9 Å².